The SMILES string of the molecule is c1cc2cc3c(cc2nc1NC1CC1)OCCO3. The van der Waals surface area contributed by atoms with Crippen LogP contribution in [0.5, 0.6) is 11.5 Å². The summed E-state index contributed by atoms with van der Waals surface area (Å²) in [6, 6.07) is 8.67. The van der Waals surface area contributed by atoms with Crippen LogP contribution in [0.15, 0.2) is 24.3 Å². The second-order valence-electron chi connectivity index (χ2n) is 4.80. The molecule has 0 atom stereocenters. The molecule has 0 bridgehead atoms. The van der Waals surface area contributed by atoms with Crippen LogP contribution < -0.4 is 14.8 Å². The Morgan fingerprint density at radius 3 is 2.61 bits per heavy atom. The molecular formula is C14H14N2O2. The van der Waals surface area contributed by atoms with Crippen molar-refractivity contribution in [2.75, 3.05) is 18.5 Å². The summed E-state index contributed by atoms with van der Waals surface area (Å²) >= 11 is 0. The molecule has 0 unspecified atom stereocenters. The monoisotopic (exact) mass is 242 g/mol. The molecular weight excluding hydrogens is 228 g/mol. The molecule has 1 aromatic carbocycles. The zero-order chi connectivity index (χ0) is 11.9. The van der Waals surface area contributed by atoms with Gasteiger partial charge in [0.15, 0.2) is 11.5 Å². The molecule has 1 fully saturated rings. The summed E-state index contributed by atoms with van der Waals surface area (Å²) in [4.78, 5) is 4.62. The van der Waals surface area contributed by atoms with Gasteiger partial charge < -0.3 is 14.8 Å². The fourth-order valence-corrected chi connectivity index (χ4v) is 2.18. The normalized spacial score (nSPS) is 17.8. The fraction of sp³-hybridized carbons (Fsp3) is 0.357. The lowest BCUT2D eigenvalue weighted by Crippen LogP contribution is -2.15. The van der Waals surface area contributed by atoms with E-state index in [1.807, 2.05) is 18.2 Å². The second-order valence-corrected chi connectivity index (χ2v) is 4.80. The lowest BCUT2D eigenvalue weighted by Gasteiger charge is -2.18. The van der Waals surface area contributed by atoms with Crippen LogP contribution in [0.4, 0.5) is 5.82 Å². The maximum absolute atomic E-state index is 5.58. The van der Waals surface area contributed by atoms with Crippen molar-refractivity contribution in [1.29, 1.82) is 0 Å². The van der Waals surface area contributed by atoms with Crippen LogP contribution in [-0.4, -0.2) is 24.2 Å². The van der Waals surface area contributed by atoms with Crippen molar-refractivity contribution < 1.29 is 9.47 Å². The number of hydrogen-bond donors (Lipinski definition) is 1. The van der Waals surface area contributed by atoms with Gasteiger partial charge in [0.25, 0.3) is 0 Å². The van der Waals surface area contributed by atoms with Gasteiger partial charge in [-0.3, -0.25) is 0 Å². The fourth-order valence-electron chi connectivity index (χ4n) is 2.18. The van der Waals surface area contributed by atoms with E-state index in [9.17, 15) is 0 Å². The van der Waals surface area contributed by atoms with Crippen LogP contribution in [0.25, 0.3) is 10.9 Å². The summed E-state index contributed by atoms with van der Waals surface area (Å²) in [6.07, 6.45) is 2.50. The molecule has 1 N–H and O–H groups in total. The van der Waals surface area contributed by atoms with E-state index in [0.717, 1.165) is 28.2 Å². The number of fused-ring (bicyclic) bond motifs is 2. The summed E-state index contributed by atoms with van der Waals surface area (Å²) in [6.45, 7) is 1.23. The number of pyridine rings is 1. The molecule has 4 nitrogen and oxygen atoms in total. The molecule has 1 aromatic heterocycles. The lowest BCUT2D eigenvalue weighted by molar-refractivity contribution is 0.172. The van der Waals surface area contributed by atoms with Crippen LogP contribution in [0.3, 0.4) is 0 Å². The number of ether oxygens (including phenoxy) is 2. The van der Waals surface area contributed by atoms with E-state index in [2.05, 4.69) is 16.4 Å². The molecule has 0 saturated heterocycles. The standard InChI is InChI=1S/C14H14N2O2/c1-4-14(15-10-2-3-10)16-11-8-13-12(7-9(1)11)17-5-6-18-13/h1,4,7-8,10H,2-3,5-6H2,(H,15,16). The highest BCUT2D eigenvalue weighted by atomic mass is 16.6. The summed E-state index contributed by atoms with van der Waals surface area (Å²) in [5.41, 5.74) is 0.949. The van der Waals surface area contributed by atoms with Crippen LogP contribution in [-0.2, 0) is 0 Å². The van der Waals surface area contributed by atoms with Crippen molar-refractivity contribution in [3.05, 3.63) is 24.3 Å². The maximum Gasteiger partial charge on any atom is 0.163 e. The van der Waals surface area contributed by atoms with Crippen LogP contribution >= 0.6 is 0 Å². The minimum absolute atomic E-state index is 0.610. The molecule has 2 heterocycles. The highest BCUT2D eigenvalue weighted by molar-refractivity contribution is 5.84. The molecule has 2 aliphatic rings. The molecule has 1 aliphatic carbocycles. The first kappa shape index (κ1) is 10.00. The molecule has 1 aliphatic heterocycles. The Kier molecular flexibility index (Phi) is 2.09. The van der Waals surface area contributed by atoms with Gasteiger partial charge in [0.1, 0.15) is 19.0 Å². The van der Waals surface area contributed by atoms with E-state index < -0.39 is 0 Å². The van der Waals surface area contributed by atoms with Gasteiger partial charge in [-0.05, 0) is 31.0 Å². The number of nitrogens with zero attached hydrogens (tertiary/aromatic N) is 1. The highest BCUT2D eigenvalue weighted by Crippen LogP contribution is 2.34. The third kappa shape index (κ3) is 1.74. The Morgan fingerprint density at radius 1 is 1.06 bits per heavy atom. The minimum atomic E-state index is 0.610. The number of anilines is 1. The molecule has 2 aromatic rings. The number of rotatable bonds is 2. The van der Waals surface area contributed by atoms with Crippen molar-refractivity contribution in [2.45, 2.75) is 18.9 Å². The predicted molar refractivity (Wildman–Crippen MR) is 69.4 cm³/mol. The van der Waals surface area contributed by atoms with E-state index in [1.165, 1.54) is 12.8 Å². The first-order valence-electron chi connectivity index (χ1n) is 6.35. The van der Waals surface area contributed by atoms with Crippen molar-refractivity contribution in [2.24, 2.45) is 0 Å². The van der Waals surface area contributed by atoms with E-state index in [1.54, 1.807) is 0 Å². The van der Waals surface area contributed by atoms with Gasteiger partial charge in [-0.2, -0.15) is 0 Å². The Bertz CT molecular complexity index is 608. The zero-order valence-corrected chi connectivity index (χ0v) is 9.98. The number of nitrogens with one attached hydrogen (secondary N) is 1. The van der Waals surface area contributed by atoms with Crippen LogP contribution in [0, 0.1) is 0 Å². The largest absolute Gasteiger partial charge is 0.486 e. The van der Waals surface area contributed by atoms with E-state index in [4.69, 9.17) is 9.47 Å². The molecule has 0 radical (unpaired) electrons. The highest BCUT2D eigenvalue weighted by Gasteiger charge is 2.21. The van der Waals surface area contributed by atoms with Gasteiger partial charge >= 0.3 is 0 Å². The molecule has 92 valence electrons. The molecule has 0 amide bonds. The third-order valence-electron chi connectivity index (χ3n) is 3.28. The quantitative estimate of drug-likeness (QED) is 0.879. The summed E-state index contributed by atoms with van der Waals surface area (Å²) in [7, 11) is 0. The van der Waals surface area contributed by atoms with Gasteiger partial charge in [-0.1, -0.05) is 0 Å². The molecule has 18 heavy (non-hydrogen) atoms. The predicted octanol–water partition coefficient (Wildman–Crippen LogP) is 2.58. The van der Waals surface area contributed by atoms with Crippen LogP contribution in [0.2, 0.25) is 0 Å². The average molecular weight is 242 g/mol. The molecule has 4 heteroatoms. The van der Waals surface area contributed by atoms with Gasteiger partial charge in [-0.25, -0.2) is 4.98 Å². The first-order chi connectivity index (χ1) is 8.88. The van der Waals surface area contributed by atoms with Crippen LogP contribution in [0.1, 0.15) is 12.8 Å². The Balaban J connectivity index is 1.77. The number of aromatic nitrogens is 1. The maximum atomic E-state index is 5.58. The lowest BCUT2D eigenvalue weighted by atomic mass is 10.2. The van der Waals surface area contributed by atoms with E-state index >= 15 is 0 Å². The van der Waals surface area contributed by atoms with Crippen molar-refractivity contribution in [1.82, 2.24) is 4.98 Å². The smallest absolute Gasteiger partial charge is 0.163 e. The van der Waals surface area contributed by atoms with Crippen molar-refractivity contribution in [3.63, 3.8) is 0 Å². The molecule has 1 saturated carbocycles. The Morgan fingerprint density at radius 2 is 1.83 bits per heavy atom. The third-order valence-corrected chi connectivity index (χ3v) is 3.28. The second kappa shape index (κ2) is 3.77. The van der Waals surface area contributed by atoms with Gasteiger partial charge in [0.05, 0.1) is 5.52 Å². The Labute approximate surface area is 105 Å². The van der Waals surface area contributed by atoms with Gasteiger partial charge in [0.2, 0.25) is 0 Å². The number of benzene rings is 1. The zero-order valence-electron chi connectivity index (χ0n) is 9.98. The van der Waals surface area contributed by atoms with Gasteiger partial charge in [0, 0.05) is 17.5 Å². The minimum Gasteiger partial charge on any atom is -0.486 e. The summed E-state index contributed by atoms with van der Waals surface area (Å²) in [5, 5.41) is 4.49. The van der Waals surface area contributed by atoms with Crippen molar-refractivity contribution in [3.8, 4) is 11.5 Å². The summed E-state index contributed by atoms with van der Waals surface area (Å²) in [5.74, 6) is 2.56. The topological polar surface area (TPSA) is 43.4 Å². The number of hydrogen-bond acceptors (Lipinski definition) is 4. The molecule has 0 spiro atoms. The van der Waals surface area contributed by atoms with E-state index in [-0.39, 0.29) is 0 Å². The first-order valence-corrected chi connectivity index (χ1v) is 6.35. The Hall–Kier alpha value is -1.97. The molecule has 4 rings (SSSR count). The summed E-state index contributed by atoms with van der Waals surface area (Å²) < 4.78 is 11.1. The van der Waals surface area contributed by atoms with Crippen molar-refractivity contribution >= 4 is 16.7 Å². The van der Waals surface area contributed by atoms with E-state index in [0.29, 0.717) is 19.3 Å². The van der Waals surface area contributed by atoms with Gasteiger partial charge in [-0.15, -0.1) is 0 Å². The average Bonchev–Trinajstić information content (AvgIpc) is 3.20.